The van der Waals surface area contributed by atoms with Crippen molar-refractivity contribution < 1.29 is 22.7 Å². The van der Waals surface area contributed by atoms with Crippen molar-refractivity contribution in [1.29, 1.82) is 0 Å². The molecule has 1 rings (SSSR count). The summed E-state index contributed by atoms with van der Waals surface area (Å²) in [5, 5.41) is 2.79. The van der Waals surface area contributed by atoms with Crippen LogP contribution in [0.25, 0.3) is 0 Å². The van der Waals surface area contributed by atoms with Gasteiger partial charge in [0.15, 0.2) is 6.61 Å². The zero-order valence-corrected chi connectivity index (χ0v) is 13.8. The van der Waals surface area contributed by atoms with Crippen LogP contribution in [0.2, 0.25) is 0 Å². The van der Waals surface area contributed by atoms with E-state index in [1.54, 1.807) is 30.8 Å². The summed E-state index contributed by atoms with van der Waals surface area (Å²) >= 11 is 1.62. The number of nitrogens with one attached hydrogen (secondary N) is 1. The summed E-state index contributed by atoms with van der Waals surface area (Å²) in [6.45, 7) is 0.452. The van der Waals surface area contributed by atoms with Crippen molar-refractivity contribution in [2.24, 2.45) is 5.73 Å². The molecule has 23 heavy (non-hydrogen) atoms. The van der Waals surface area contributed by atoms with Crippen molar-refractivity contribution in [3.63, 3.8) is 0 Å². The second kappa shape index (κ2) is 9.02. The molecule has 0 fully saturated rings. The zero-order chi connectivity index (χ0) is 17.5. The molecular weight excluding hydrogens is 329 g/mol. The number of halogens is 3. The topological polar surface area (TPSA) is 64.4 Å². The lowest BCUT2D eigenvalue weighted by Crippen LogP contribution is -2.41. The molecule has 0 radical (unpaired) electrons. The van der Waals surface area contributed by atoms with Crippen LogP contribution < -0.4 is 15.8 Å². The van der Waals surface area contributed by atoms with Gasteiger partial charge in [0.2, 0.25) is 5.91 Å². The van der Waals surface area contributed by atoms with E-state index < -0.39 is 18.8 Å². The fraction of sp³-hybridized carbons (Fsp3) is 0.533. The first kappa shape index (κ1) is 19.6. The average molecular weight is 350 g/mol. The Morgan fingerprint density at radius 3 is 2.48 bits per heavy atom. The first-order valence-electron chi connectivity index (χ1n) is 7.07. The second-order valence-corrected chi connectivity index (χ2v) is 6.08. The Labute approximate surface area is 138 Å². The van der Waals surface area contributed by atoms with Gasteiger partial charge in [-0.3, -0.25) is 4.79 Å². The molecular formula is C15H21F3N2O2S. The lowest BCUT2D eigenvalue weighted by atomic mass is 10.1. The molecule has 0 aliphatic carbocycles. The quantitative estimate of drug-likeness (QED) is 0.757. The van der Waals surface area contributed by atoms with Gasteiger partial charge in [-0.2, -0.15) is 24.9 Å². The summed E-state index contributed by atoms with van der Waals surface area (Å²) in [7, 11) is 0. The summed E-state index contributed by atoms with van der Waals surface area (Å²) in [6, 6.07) is 5.25. The Hall–Kier alpha value is -1.41. The molecule has 1 aromatic carbocycles. The fourth-order valence-electron chi connectivity index (χ4n) is 1.80. The minimum absolute atomic E-state index is 0.126. The zero-order valence-electron chi connectivity index (χ0n) is 13.0. The van der Waals surface area contributed by atoms with Gasteiger partial charge in [0, 0.05) is 0 Å². The minimum Gasteiger partial charge on any atom is -0.484 e. The van der Waals surface area contributed by atoms with Crippen LogP contribution in [0.3, 0.4) is 0 Å². The average Bonchev–Trinajstić information content (AvgIpc) is 2.50. The lowest BCUT2D eigenvalue weighted by molar-refractivity contribution is -0.153. The molecule has 3 N–H and O–H groups in total. The Morgan fingerprint density at radius 1 is 1.35 bits per heavy atom. The maximum atomic E-state index is 12.1. The van der Waals surface area contributed by atoms with Gasteiger partial charge < -0.3 is 15.8 Å². The molecule has 2 atom stereocenters. The third-order valence-electron chi connectivity index (χ3n) is 3.11. The van der Waals surface area contributed by atoms with Crippen LogP contribution in [0.15, 0.2) is 24.3 Å². The lowest BCUT2D eigenvalue weighted by Gasteiger charge is -2.18. The van der Waals surface area contributed by atoms with Gasteiger partial charge in [-0.25, -0.2) is 0 Å². The molecule has 0 aliphatic rings. The van der Waals surface area contributed by atoms with Crippen molar-refractivity contribution >= 4 is 17.7 Å². The van der Waals surface area contributed by atoms with Crippen molar-refractivity contribution in [3.05, 3.63) is 29.8 Å². The summed E-state index contributed by atoms with van der Waals surface area (Å²) in [5.74, 6) is 0.680. The summed E-state index contributed by atoms with van der Waals surface area (Å²) in [6.07, 6.45) is -1.84. The van der Waals surface area contributed by atoms with Gasteiger partial charge in [-0.1, -0.05) is 12.1 Å². The van der Waals surface area contributed by atoms with E-state index in [0.717, 1.165) is 11.3 Å². The number of amides is 1. The Morgan fingerprint density at radius 2 is 1.96 bits per heavy atom. The number of hydrogen-bond donors (Lipinski definition) is 2. The number of thioether (sulfide) groups is 1. The normalized spacial score (nSPS) is 14.2. The van der Waals surface area contributed by atoms with Crippen LogP contribution in [0.5, 0.6) is 5.75 Å². The summed E-state index contributed by atoms with van der Waals surface area (Å²) in [4.78, 5) is 11.9. The van der Waals surface area contributed by atoms with E-state index in [0.29, 0.717) is 6.42 Å². The van der Waals surface area contributed by atoms with E-state index in [2.05, 4.69) is 10.1 Å². The standard InChI is InChI=1S/C15H21F3N2O2S/c1-10(20-14(21)13(19)7-8-23-2)11-3-5-12(6-4-11)22-9-15(16,17)18/h3-6,10,13H,7-9,19H2,1-2H3,(H,20,21)/t10?,13-/m0/s1. The number of benzene rings is 1. The minimum atomic E-state index is -4.37. The number of carbonyl (C=O) groups excluding carboxylic acids is 1. The molecule has 0 heterocycles. The molecule has 0 spiro atoms. The van der Waals surface area contributed by atoms with Gasteiger partial charge in [0.1, 0.15) is 5.75 Å². The Balaban J connectivity index is 2.53. The van der Waals surface area contributed by atoms with Crippen LogP contribution in [0.1, 0.15) is 24.9 Å². The molecule has 1 aromatic rings. The van der Waals surface area contributed by atoms with Crippen molar-refractivity contribution in [3.8, 4) is 5.75 Å². The SMILES string of the molecule is CSCC[C@H](N)C(=O)NC(C)c1ccc(OCC(F)(F)F)cc1. The van der Waals surface area contributed by atoms with Gasteiger partial charge in [0.05, 0.1) is 12.1 Å². The molecule has 0 aromatic heterocycles. The number of carbonyl (C=O) groups is 1. The van der Waals surface area contributed by atoms with Crippen molar-refractivity contribution in [1.82, 2.24) is 5.32 Å². The molecule has 0 bridgehead atoms. The predicted molar refractivity (Wildman–Crippen MR) is 85.5 cm³/mol. The number of rotatable bonds is 8. The monoisotopic (exact) mass is 350 g/mol. The molecule has 1 amide bonds. The fourth-order valence-corrected chi connectivity index (χ4v) is 2.29. The molecule has 8 heteroatoms. The van der Waals surface area contributed by atoms with E-state index in [1.165, 1.54) is 12.1 Å². The van der Waals surface area contributed by atoms with Crippen molar-refractivity contribution in [2.75, 3.05) is 18.6 Å². The van der Waals surface area contributed by atoms with E-state index in [1.807, 2.05) is 6.26 Å². The molecule has 1 unspecified atom stereocenters. The third kappa shape index (κ3) is 7.60. The maximum absolute atomic E-state index is 12.1. The van der Waals surface area contributed by atoms with Crippen molar-refractivity contribution in [2.45, 2.75) is 31.6 Å². The smallest absolute Gasteiger partial charge is 0.422 e. The van der Waals surface area contributed by atoms with Gasteiger partial charge in [0.25, 0.3) is 0 Å². The summed E-state index contributed by atoms with van der Waals surface area (Å²) in [5.41, 5.74) is 6.54. The Bertz CT molecular complexity index is 494. The molecule has 4 nitrogen and oxygen atoms in total. The predicted octanol–water partition coefficient (Wildman–Crippen LogP) is 2.89. The van der Waals surface area contributed by atoms with Gasteiger partial charge in [-0.05, 0) is 43.0 Å². The highest BCUT2D eigenvalue weighted by Gasteiger charge is 2.28. The second-order valence-electron chi connectivity index (χ2n) is 5.09. The first-order chi connectivity index (χ1) is 10.7. The third-order valence-corrected chi connectivity index (χ3v) is 3.76. The number of hydrogen-bond acceptors (Lipinski definition) is 4. The highest BCUT2D eigenvalue weighted by atomic mass is 32.2. The van der Waals surface area contributed by atoms with E-state index in [9.17, 15) is 18.0 Å². The van der Waals surface area contributed by atoms with Crippen LogP contribution in [-0.2, 0) is 4.79 Å². The van der Waals surface area contributed by atoms with Gasteiger partial charge >= 0.3 is 6.18 Å². The largest absolute Gasteiger partial charge is 0.484 e. The number of alkyl halides is 3. The molecule has 0 saturated carbocycles. The van der Waals surface area contributed by atoms with Crippen LogP contribution in [0, 0.1) is 0 Å². The van der Waals surface area contributed by atoms with Crippen LogP contribution >= 0.6 is 11.8 Å². The number of nitrogens with two attached hydrogens (primary N) is 1. The Kier molecular flexibility index (Phi) is 7.70. The van der Waals surface area contributed by atoms with Crippen LogP contribution in [0.4, 0.5) is 13.2 Å². The van der Waals surface area contributed by atoms with E-state index in [-0.39, 0.29) is 17.7 Å². The van der Waals surface area contributed by atoms with E-state index in [4.69, 9.17) is 5.73 Å². The van der Waals surface area contributed by atoms with Gasteiger partial charge in [-0.15, -0.1) is 0 Å². The van der Waals surface area contributed by atoms with E-state index >= 15 is 0 Å². The summed E-state index contributed by atoms with van der Waals surface area (Å²) < 4.78 is 40.8. The maximum Gasteiger partial charge on any atom is 0.422 e. The first-order valence-corrected chi connectivity index (χ1v) is 8.46. The highest BCUT2D eigenvalue weighted by molar-refractivity contribution is 7.98. The molecule has 130 valence electrons. The molecule has 0 aliphatic heterocycles. The van der Waals surface area contributed by atoms with Crippen LogP contribution in [-0.4, -0.2) is 36.7 Å². The molecule has 0 saturated heterocycles. The highest BCUT2D eigenvalue weighted by Crippen LogP contribution is 2.21. The number of ether oxygens (including phenoxy) is 1.